The minimum absolute atomic E-state index is 0.0228. The number of allylic oxidation sites excluding steroid dienone is 1. The van der Waals surface area contributed by atoms with E-state index in [0.717, 1.165) is 12.0 Å². The van der Waals surface area contributed by atoms with Crippen LogP contribution >= 0.6 is 0 Å². The number of carbonyl (C=O) groups excluding carboxylic acids is 2. The minimum Gasteiger partial charge on any atom is -0.438 e. The van der Waals surface area contributed by atoms with Gasteiger partial charge in [-0.15, -0.1) is 0 Å². The van der Waals surface area contributed by atoms with Crippen LogP contribution in [-0.2, 0) is 19.0 Å². The van der Waals surface area contributed by atoms with E-state index in [1.165, 1.54) is 0 Å². The lowest BCUT2D eigenvalue weighted by molar-refractivity contribution is -0.303. The maximum Gasteiger partial charge on any atom is 0.410 e. The van der Waals surface area contributed by atoms with E-state index in [1.807, 2.05) is 46.8 Å². The summed E-state index contributed by atoms with van der Waals surface area (Å²) in [4.78, 5) is 29.4. The topological polar surface area (TPSA) is 85.3 Å². The third-order valence-corrected chi connectivity index (χ3v) is 9.91. The van der Waals surface area contributed by atoms with Gasteiger partial charge in [0.05, 0.1) is 12.0 Å². The zero-order chi connectivity index (χ0) is 25.7. The van der Waals surface area contributed by atoms with Crippen LogP contribution in [0.3, 0.4) is 0 Å². The number of amides is 1. The van der Waals surface area contributed by atoms with E-state index in [2.05, 4.69) is 20.8 Å². The maximum absolute atomic E-state index is 14.6. The molecule has 3 fully saturated rings. The summed E-state index contributed by atoms with van der Waals surface area (Å²) >= 11 is 0. The average Bonchev–Trinajstić information content (AvgIpc) is 3.27. The van der Waals surface area contributed by atoms with E-state index >= 15 is 0 Å². The molecule has 5 aliphatic rings. The average molecular weight is 488 g/mol. The lowest BCUT2D eigenvalue weighted by atomic mass is 9.59. The van der Waals surface area contributed by atoms with Gasteiger partial charge in [-0.1, -0.05) is 32.9 Å². The second-order valence-electron chi connectivity index (χ2n) is 12.4. The van der Waals surface area contributed by atoms with Crippen LogP contribution in [0.25, 0.3) is 0 Å². The lowest BCUT2D eigenvalue weighted by Gasteiger charge is -2.52. The van der Waals surface area contributed by atoms with Crippen molar-refractivity contribution in [2.24, 2.45) is 34.5 Å². The fourth-order valence-electron chi connectivity index (χ4n) is 7.96. The zero-order valence-electron chi connectivity index (χ0n) is 22.4. The molecule has 1 heterocycles. The molecule has 0 radical (unpaired) electrons. The van der Waals surface area contributed by atoms with Crippen molar-refractivity contribution in [3.8, 4) is 0 Å². The Morgan fingerprint density at radius 2 is 1.89 bits per heavy atom. The van der Waals surface area contributed by atoms with Gasteiger partial charge in [0.25, 0.3) is 0 Å². The fraction of sp³-hybridized carbons (Fsp3) is 0.786. The Balaban J connectivity index is 1.69. The molecule has 2 bridgehead atoms. The molecule has 1 spiro atoms. The van der Waals surface area contributed by atoms with Crippen LogP contribution in [0.15, 0.2) is 23.3 Å². The number of ether oxygens (including phenoxy) is 3. The van der Waals surface area contributed by atoms with Crippen molar-refractivity contribution < 1.29 is 28.9 Å². The number of Topliss-reactive ketones (excluding diaryl/α,β-unsaturated/α-hetero) is 1. The first-order chi connectivity index (χ1) is 16.3. The van der Waals surface area contributed by atoms with Crippen LogP contribution in [0.2, 0.25) is 0 Å². The predicted octanol–water partition coefficient (Wildman–Crippen LogP) is 4.10. The summed E-state index contributed by atoms with van der Waals surface area (Å²) < 4.78 is 18.5. The molecule has 7 heteroatoms. The molecule has 8 atom stereocenters. The summed E-state index contributed by atoms with van der Waals surface area (Å²) in [7, 11) is 0. The van der Waals surface area contributed by atoms with Gasteiger partial charge in [-0.05, 0) is 75.4 Å². The highest BCUT2D eigenvalue weighted by molar-refractivity contribution is 5.95. The van der Waals surface area contributed by atoms with Crippen LogP contribution in [0.4, 0.5) is 4.79 Å². The highest BCUT2D eigenvalue weighted by Crippen LogP contribution is 2.72. The standard InChI is InChI=1S/C28H41NO6/c1-9-29(10-2)24(31)34-22-15(3)13-27-16(4)11-19-20(25(19,5)6)18(21(27)30)12-17-14-33-26(7,8)35-23(17)28(22,27)32/h12-13,16,18-20,22-23,32H,9-11,14H2,1-8H3/t16-,18+,19-,20+,22+,23-,27+,28-/m1/s1. The molecule has 2 saturated carbocycles. The lowest BCUT2D eigenvalue weighted by Crippen LogP contribution is -2.68. The molecule has 5 rings (SSSR count). The number of nitrogens with zero attached hydrogens (tertiary/aromatic N) is 1. The van der Waals surface area contributed by atoms with Crippen molar-refractivity contribution in [3.05, 3.63) is 23.3 Å². The summed E-state index contributed by atoms with van der Waals surface area (Å²) in [6, 6.07) is 0. The number of hydrogen-bond donors (Lipinski definition) is 1. The number of rotatable bonds is 3. The number of hydrogen-bond acceptors (Lipinski definition) is 6. The molecule has 0 unspecified atom stereocenters. The van der Waals surface area contributed by atoms with E-state index in [0.29, 0.717) is 24.6 Å². The Hall–Kier alpha value is -1.70. The van der Waals surface area contributed by atoms with Crippen molar-refractivity contribution in [1.82, 2.24) is 4.90 Å². The number of carbonyl (C=O) groups is 2. The van der Waals surface area contributed by atoms with Crippen molar-refractivity contribution >= 4 is 11.9 Å². The quantitative estimate of drug-likeness (QED) is 0.604. The van der Waals surface area contributed by atoms with Crippen LogP contribution in [-0.4, -0.2) is 65.2 Å². The van der Waals surface area contributed by atoms with Gasteiger partial charge in [0.15, 0.2) is 23.3 Å². The molecule has 0 aromatic rings. The largest absolute Gasteiger partial charge is 0.438 e. The van der Waals surface area contributed by atoms with E-state index in [9.17, 15) is 14.7 Å². The Morgan fingerprint density at radius 1 is 1.23 bits per heavy atom. The highest BCUT2D eigenvalue weighted by Gasteiger charge is 2.77. The molecule has 1 N–H and O–H groups in total. The second-order valence-corrected chi connectivity index (χ2v) is 12.4. The van der Waals surface area contributed by atoms with Crippen molar-refractivity contribution in [2.45, 2.75) is 85.4 Å². The van der Waals surface area contributed by atoms with Gasteiger partial charge in [0.2, 0.25) is 0 Å². The minimum atomic E-state index is -1.76. The number of fused-ring (bicyclic) bond motifs is 5. The fourth-order valence-corrected chi connectivity index (χ4v) is 7.96. The smallest absolute Gasteiger partial charge is 0.410 e. The molecule has 35 heavy (non-hydrogen) atoms. The third kappa shape index (κ3) is 3.13. The summed E-state index contributed by atoms with van der Waals surface area (Å²) in [6.07, 6.45) is 2.46. The number of aliphatic hydroxyl groups is 1. The Morgan fingerprint density at radius 3 is 2.51 bits per heavy atom. The zero-order valence-corrected chi connectivity index (χ0v) is 22.4. The van der Waals surface area contributed by atoms with E-state index in [4.69, 9.17) is 14.2 Å². The molecule has 1 saturated heterocycles. The SMILES string of the molecule is CCN(CC)C(=O)O[C@H]1C(C)=C[C@]23C(=O)[C@@H](C=C4COC(C)(C)O[C@H]4[C@]12O)[C@H]1[C@@H](C[C@H]3C)C1(C)C. The molecule has 194 valence electrons. The monoisotopic (exact) mass is 487 g/mol. The molecule has 4 aliphatic carbocycles. The Kier molecular flexibility index (Phi) is 5.46. The molecular weight excluding hydrogens is 446 g/mol. The van der Waals surface area contributed by atoms with Gasteiger partial charge < -0.3 is 24.2 Å². The van der Waals surface area contributed by atoms with Gasteiger partial charge in [0.1, 0.15) is 6.10 Å². The predicted molar refractivity (Wildman–Crippen MR) is 130 cm³/mol. The van der Waals surface area contributed by atoms with E-state index in [-0.39, 0.29) is 35.6 Å². The first-order valence-electron chi connectivity index (χ1n) is 13.2. The van der Waals surface area contributed by atoms with E-state index < -0.39 is 35.1 Å². The summed E-state index contributed by atoms with van der Waals surface area (Å²) in [5.74, 6) is -0.792. The summed E-state index contributed by atoms with van der Waals surface area (Å²) in [6.45, 7) is 17.1. The van der Waals surface area contributed by atoms with Gasteiger partial charge in [-0.2, -0.15) is 0 Å². The van der Waals surface area contributed by atoms with Gasteiger partial charge in [-0.25, -0.2) is 4.79 Å². The maximum atomic E-state index is 14.6. The third-order valence-electron chi connectivity index (χ3n) is 9.91. The summed E-state index contributed by atoms with van der Waals surface area (Å²) in [5.41, 5.74) is -1.44. The van der Waals surface area contributed by atoms with Gasteiger partial charge in [-0.3, -0.25) is 4.79 Å². The van der Waals surface area contributed by atoms with Gasteiger partial charge >= 0.3 is 6.09 Å². The van der Waals surface area contributed by atoms with Crippen molar-refractivity contribution in [1.29, 1.82) is 0 Å². The first kappa shape index (κ1) is 25.0. The molecule has 1 aliphatic heterocycles. The van der Waals surface area contributed by atoms with Gasteiger partial charge in [0, 0.05) is 19.0 Å². The van der Waals surface area contributed by atoms with Crippen molar-refractivity contribution in [2.75, 3.05) is 19.7 Å². The second kappa shape index (κ2) is 7.65. The van der Waals surface area contributed by atoms with E-state index in [1.54, 1.807) is 4.90 Å². The molecule has 1 amide bonds. The van der Waals surface area contributed by atoms with Crippen molar-refractivity contribution in [3.63, 3.8) is 0 Å². The molecule has 0 aromatic carbocycles. The number of ketones is 1. The van der Waals surface area contributed by atoms with Crippen LogP contribution in [0.5, 0.6) is 0 Å². The van der Waals surface area contributed by atoms with Crippen LogP contribution in [0, 0.1) is 34.5 Å². The Labute approximate surface area is 208 Å². The van der Waals surface area contributed by atoms with Crippen LogP contribution < -0.4 is 0 Å². The summed E-state index contributed by atoms with van der Waals surface area (Å²) in [5, 5.41) is 12.9. The van der Waals surface area contributed by atoms with Crippen LogP contribution in [0.1, 0.15) is 61.8 Å². The highest BCUT2D eigenvalue weighted by atomic mass is 16.7. The molecule has 7 nitrogen and oxygen atoms in total. The molecule has 0 aromatic heterocycles. The Bertz CT molecular complexity index is 1010. The first-order valence-corrected chi connectivity index (χ1v) is 13.2. The molecular formula is C28H41NO6. The normalized spacial score (nSPS) is 44.5.